The minimum atomic E-state index is -0.602. The summed E-state index contributed by atoms with van der Waals surface area (Å²) in [4.78, 5) is 0. The zero-order valence-electron chi connectivity index (χ0n) is 9.97. The van der Waals surface area contributed by atoms with Crippen molar-refractivity contribution < 1.29 is 8.78 Å². The van der Waals surface area contributed by atoms with Gasteiger partial charge in [0.2, 0.25) is 0 Å². The van der Waals surface area contributed by atoms with Crippen LogP contribution in [0.25, 0.3) is 11.3 Å². The molecule has 3 nitrogen and oxygen atoms in total. The molecule has 0 atom stereocenters. The Labute approximate surface area is 112 Å². The van der Waals surface area contributed by atoms with E-state index in [1.165, 1.54) is 12.1 Å². The van der Waals surface area contributed by atoms with E-state index in [1.54, 1.807) is 18.8 Å². The summed E-state index contributed by atoms with van der Waals surface area (Å²) in [7, 11) is 3.53. The molecule has 0 aliphatic carbocycles. The molecule has 0 aliphatic heterocycles. The molecule has 0 saturated heterocycles. The van der Waals surface area contributed by atoms with E-state index in [1.807, 2.05) is 0 Å². The molecule has 0 aliphatic rings. The highest BCUT2D eigenvalue weighted by atomic mass is 79.9. The van der Waals surface area contributed by atoms with Gasteiger partial charge in [0.05, 0.1) is 15.9 Å². The van der Waals surface area contributed by atoms with Crippen LogP contribution < -0.4 is 5.32 Å². The Morgan fingerprint density at radius 1 is 1.39 bits per heavy atom. The molecule has 0 radical (unpaired) electrons. The van der Waals surface area contributed by atoms with Crippen LogP contribution >= 0.6 is 15.9 Å². The summed E-state index contributed by atoms with van der Waals surface area (Å²) in [5.74, 6) is -1.19. The number of rotatable bonds is 3. The Morgan fingerprint density at radius 2 is 2.11 bits per heavy atom. The third-order valence-corrected chi connectivity index (χ3v) is 3.42. The van der Waals surface area contributed by atoms with Crippen molar-refractivity contribution in [3.8, 4) is 11.3 Å². The molecule has 18 heavy (non-hydrogen) atoms. The zero-order chi connectivity index (χ0) is 13.3. The molecule has 0 spiro atoms. The van der Waals surface area contributed by atoms with Gasteiger partial charge in [-0.3, -0.25) is 4.68 Å². The van der Waals surface area contributed by atoms with Gasteiger partial charge in [-0.05, 0) is 35.1 Å². The van der Waals surface area contributed by atoms with E-state index in [2.05, 4.69) is 26.3 Å². The molecule has 1 aromatic carbocycles. The fourth-order valence-corrected chi connectivity index (χ4v) is 2.50. The van der Waals surface area contributed by atoms with E-state index in [0.717, 1.165) is 11.8 Å². The first kappa shape index (κ1) is 13.2. The molecule has 0 unspecified atom stereocenters. The molecular formula is C12H12BrF2N3. The molecule has 96 valence electrons. The summed E-state index contributed by atoms with van der Waals surface area (Å²) in [5.41, 5.74) is 1.69. The molecule has 2 rings (SSSR count). The molecule has 1 heterocycles. The number of nitrogens with one attached hydrogen (secondary N) is 1. The lowest BCUT2D eigenvalue weighted by Crippen LogP contribution is -2.06. The van der Waals surface area contributed by atoms with Crippen molar-refractivity contribution in [2.45, 2.75) is 6.54 Å². The number of hydrogen-bond acceptors (Lipinski definition) is 2. The van der Waals surface area contributed by atoms with Crippen molar-refractivity contribution in [2.24, 2.45) is 7.05 Å². The lowest BCUT2D eigenvalue weighted by atomic mass is 10.1. The van der Waals surface area contributed by atoms with Crippen LogP contribution in [-0.4, -0.2) is 16.8 Å². The van der Waals surface area contributed by atoms with Gasteiger partial charge in [-0.1, -0.05) is 0 Å². The van der Waals surface area contributed by atoms with Crippen LogP contribution in [0.3, 0.4) is 0 Å². The minimum Gasteiger partial charge on any atom is -0.314 e. The molecule has 0 fully saturated rings. The smallest absolute Gasteiger partial charge is 0.135 e. The van der Waals surface area contributed by atoms with Gasteiger partial charge >= 0.3 is 0 Å². The number of aryl methyl sites for hydroxylation is 1. The third kappa shape index (κ3) is 2.30. The third-order valence-electron chi connectivity index (χ3n) is 2.59. The van der Waals surface area contributed by atoms with Gasteiger partial charge in [-0.15, -0.1) is 0 Å². The Hall–Kier alpha value is -1.27. The van der Waals surface area contributed by atoms with Crippen molar-refractivity contribution in [2.75, 3.05) is 7.05 Å². The monoisotopic (exact) mass is 315 g/mol. The molecule has 6 heteroatoms. The Balaban J connectivity index is 2.56. The van der Waals surface area contributed by atoms with Crippen LogP contribution in [-0.2, 0) is 13.6 Å². The van der Waals surface area contributed by atoms with Crippen molar-refractivity contribution in [3.05, 3.63) is 40.0 Å². The molecule has 1 N–H and O–H groups in total. The molecule has 0 saturated carbocycles. The van der Waals surface area contributed by atoms with Crippen LogP contribution in [0.4, 0.5) is 8.78 Å². The SMILES string of the molecule is CNCc1nn(C)c(-c2ccc(F)cc2F)c1Br. The maximum atomic E-state index is 13.8. The van der Waals surface area contributed by atoms with E-state index < -0.39 is 11.6 Å². The van der Waals surface area contributed by atoms with Crippen LogP contribution in [0, 0.1) is 11.6 Å². The van der Waals surface area contributed by atoms with Gasteiger partial charge in [-0.25, -0.2) is 8.78 Å². The van der Waals surface area contributed by atoms with Crippen LogP contribution in [0.15, 0.2) is 22.7 Å². The summed E-state index contributed by atoms with van der Waals surface area (Å²) in [6.07, 6.45) is 0. The van der Waals surface area contributed by atoms with Crippen molar-refractivity contribution in [3.63, 3.8) is 0 Å². The second-order valence-electron chi connectivity index (χ2n) is 3.89. The predicted molar refractivity (Wildman–Crippen MR) is 69.0 cm³/mol. The maximum absolute atomic E-state index is 13.8. The first-order chi connectivity index (χ1) is 8.54. The molecule has 0 amide bonds. The average molecular weight is 316 g/mol. The fraction of sp³-hybridized carbons (Fsp3) is 0.250. The zero-order valence-corrected chi connectivity index (χ0v) is 11.6. The van der Waals surface area contributed by atoms with E-state index in [9.17, 15) is 8.78 Å². The van der Waals surface area contributed by atoms with Crippen molar-refractivity contribution >= 4 is 15.9 Å². The summed E-state index contributed by atoms with van der Waals surface area (Å²) in [6.45, 7) is 0.567. The topological polar surface area (TPSA) is 29.9 Å². The first-order valence-corrected chi connectivity index (χ1v) is 6.15. The standard InChI is InChI=1S/C12H12BrF2N3/c1-16-6-10-11(13)12(18(2)17-10)8-4-3-7(14)5-9(8)15/h3-5,16H,6H2,1-2H3. The highest BCUT2D eigenvalue weighted by Gasteiger charge is 2.18. The van der Waals surface area contributed by atoms with E-state index >= 15 is 0 Å². The Kier molecular flexibility index (Phi) is 3.77. The van der Waals surface area contributed by atoms with E-state index in [0.29, 0.717) is 22.3 Å². The molecular weight excluding hydrogens is 304 g/mol. The van der Waals surface area contributed by atoms with Gasteiger partial charge in [0.15, 0.2) is 0 Å². The number of benzene rings is 1. The van der Waals surface area contributed by atoms with Gasteiger partial charge in [0.25, 0.3) is 0 Å². The van der Waals surface area contributed by atoms with Gasteiger partial charge in [0.1, 0.15) is 11.6 Å². The highest BCUT2D eigenvalue weighted by molar-refractivity contribution is 9.10. The number of hydrogen-bond donors (Lipinski definition) is 1. The van der Waals surface area contributed by atoms with Gasteiger partial charge in [0, 0.05) is 25.2 Å². The molecule has 1 aromatic heterocycles. The largest absolute Gasteiger partial charge is 0.314 e. The Morgan fingerprint density at radius 3 is 2.72 bits per heavy atom. The average Bonchev–Trinajstić information content (AvgIpc) is 2.56. The summed E-state index contributed by atoms with van der Waals surface area (Å²) < 4.78 is 29.0. The van der Waals surface area contributed by atoms with Crippen molar-refractivity contribution in [1.82, 2.24) is 15.1 Å². The minimum absolute atomic E-state index is 0.320. The normalized spacial score (nSPS) is 10.9. The van der Waals surface area contributed by atoms with Crippen LogP contribution in [0.2, 0.25) is 0 Å². The van der Waals surface area contributed by atoms with E-state index in [4.69, 9.17) is 0 Å². The molecule has 2 aromatic rings. The second kappa shape index (κ2) is 5.16. The predicted octanol–water partition coefficient (Wildman–Crippen LogP) is 2.85. The van der Waals surface area contributed by atoms with E-state index in [-0.39, 0.29) is 0 Å². The maximum Gasteiger partial charge on any atom is 0.135 e. The van der Waals surface area contributed by atoms with Crippen LogP contribution in [0.1, 0.15) is 5.69 Å². The van der Waals surface area contributed by atoms with Gasteiger partial charge < -0.3 is 5.32 Å². The van der Waals surface area contributed by atoms with Crippen LogP contribution in [0.5, 0.6) is 0 Å². The second-order valence-corrected chi connectivity index (χ2v) is 4.68. The lowest BCUT2D eigenvalue weighted by Gasteiger charge is -2.04. The first-order valence-electron chi connectivity index (χ1n) is 5.36. The fourth-order valence-electron chi connectivity index (χ4n) is 1.81. The summed E-state index contributed by atoms with van der Waals surface area (Å²) in [6, 6.07) is 3.51. The Bertz CT molecular complexity index is 581. The highest BCUT2D eigenvalue weighted by Crippen LogP contribution is 2.32. The number of nitrogens with zero attached hydrogens (tertiary/aromatic N) is 2. The molecule has 0 bridgehead atoms. The quantitative estimate of drug-likeness (QED) is 0.944. The van der Waals surface area contributed by atoms with Gasteiger partial charge in [-0.2, -0.15) is 5.10 Å². The summed E-state index contributed by atoms with van der Waals surface area (Å²) >= 11 is 3.41. The summed E-state index contributed by atoms with van der Waals surface area (Å²) in [5, 5.41) is 7.27. The number of halogens is 3. The van der Waals surface area contributed by atoms with Crippen molar-refractivity contribution in [1.29, 1.82) is 0 Å². The number of aromatic nitrogens is 2. The lowest BCUT2D eigenvalue weighted by molar-refractivity contribution is 0.584.